The molecule has 0 fully saturated rings. The summed E-state index contributed by atoms with van der Waals surface area (Å²) in [6.45, 7) is 0.302. The minimum Gasteiger partial charge on any atom is -0.334 e. The van der Waals surface area contributed by atoms with E-state index in [1.165, 1.54) is 0 Å². The molecule has 0 saturated heterocycles. The predicted octanol–water partition coefficient (Wildman–Crippen LogP) is 3.90. The van der Waals surface area contributed by atoms with Crippen molar-refractivity contribution in [3.05, 3.63) is 70.6 Å². The molecule has 0 bridgehead atoms. The first-order valence-corrected chi connectivity index (χ1v) is 7.83. The van der Waals surface area contributed by atoms with Gasteiger partial charge in [0.05, 0.1) is 10.0 Å². The average molecular weight is 362 g/mol. The lowest BCUT2D eigenvalue weighted by molar-refractivity contribution is 0.251. The zero-order valence-corrected chi connectivity index (χ0v) is 13.9. The van der Waals surface area contributed by atoms with Gasteiger partial charge < -0.3 is 10.6 Å². The van der Waals surface area contributed by atoms with E-state index in [9.17, 15) is 4.79 Å². The highest BCUT2D eigenvalue weighted by molar-refractivity contribution is 6.42. The van der Waals surface area contributed by atoms with Crippen LogP contribution in [0.5, 0.6) is 0 Å². The van der Waals surface area contributed by atoms with E-state index >= 15 is 0 Å². The molecule has 2 aromatic heterocycles. The molecular weight excluding hydrogens is 349 g/mol. The number of aromatic nitrogens is 3. The molecule has 3 aromatic rings. The van der Waals surface area contributed by atoms with Gasteiger partial charge in [-0.15, -0.1) is 0 Å². The number of hydrogen-bond donors (Lipinski definition) is 2. The number of benzene rings is 1. The highest BCUT2D eigenvalue weighted by Crippen LogP contribution is 2.24. The molecule has 24 heavy (non-hydrogen) atoms. The number of carbonyl (C=O) groups is 1. The highest BCUT2D eigenvalue weighted by Gasteiger charge is 2.08. The molecule has 6 nitrogen and oxygen atoms in total. The van der Waals surface area contributed by atoms with Crippen molar-refractivity contribution < 1.29 is 4.79 Å². The van der Waals surface area contributed by atoms with Crippen molar-refractivity contribution in [1.82, 2.24) is 20.1 Å². The average Bonchev–Trinajstić information content (AvgIpc) is 3.11. The third kappa shape index (κ3) is 3.84. The first kappa shape index (κ1) is 16.3. The van der Waals surface area contributed by atoms with E-state index in [0.29, 0.717) is 28.1 Å². The number of nitrogens with zero attached hydrogens (tertiary/aromatic N) is 3. The standard InChI is InChI=1S/C16H13Cl2N5O/c17-13-5-4-12(9-14(13)18)22-16(24)20-10-11-3-1-6-19-15(11)23-8-2-7-21-23/h1-9H,10H2,(H2,20,22,24). The van der Waals surface area contributed by atoms with Crippen molar-refractivity contribution in [2.75, 3.05) is 5.32 Å². The summed E-state index contributed by atoms with van der Waals surface area (Å²) in [6, 6.07) is 10.0. The van der Waals surface area contributed by atoms with Gasteiger partial charge in [-0.1, -0.05) is 29.3 Å². The van der Waals surface area contributed by atoms with Crippen LogP contribution in [0.1, 0.15) is 5.56 Å². The summed E-state index contributed by atoms with van der Waals surface area (Å²) in [6.07, 6.45) is 5.14. The largest absolute Gasteiger partial charge is 0.334 e. The Morgan fingerprint density at radius 2 is 2.00 bits per heavy atom. The second kappa shape index (κ2) is 7.33. The number of halogens is 2. The molecule has 0 aliphatic heterocycles. The summed E-state index contributed by atoms with van der Waals surface area (Å²) in [5.41, 5.74) is 1.39. The maximum absolute atomic E-state index is 12.0. The van der Waals surface area contributed by atoms with E-state index in [1.54, 1.807) is 47.5 Å². The fourth-order valence-corrected chi connectivity index (χ4v) is 2.39. The van der Waals surface area contributed by atoms with Crippen molar-refractivity contribution >= 4 is 34.9 Å². The van der Waals surface area contributed by atoms with Crippen LogP contribution in [0.15, 0.2) is 55.0 Å². The molecule has 122 valence electrons. The van der Waals surface area contributed by atoms with Gasteiger partial charge in [-0.25, -0.2) is 14.5 Å². The number of rotatable bonds is 4. The SMILES string of the molecule is O=C(NCc1cccnc1-n1cccn1)Nc1ccc(Cl)c(Cl)c1. The van der Waals surface area contributed by atoms with E-state index in [4.69, 9.17) is 23.2 Å². The van der Waals surface area contributed by atoms with Crippen molar-refractivity contribution in [3.8, 4) is 5.82 Å². The van der Waals surface area contributed by atoms with Crippen molar-refractivity contribution in [1.29, 1.82) is 0 Å². The lowest BCUT2D eigenvalue weighted by Gasteiger charge is -2.11. The summed E-state index contributed by atoms with van der Waals surface area (Å²) in [4.78, 5) is 16.3. The molecule has 2 N–H and O–H groups in total. The van der Waals surface area contributed by atoms with Crippen molar-refractivity contribution in [3.63, 3.8) is 0 Å². The summed E-state index contributed by atoms with van der Waals surface area (Å²) in [7, 11) is 0. The normalized spacial score (nSPS) is 10.4. The van der Waals surface area contributed by atoms with Crippen LogP contribution in [0, 0.1) is 0 Å². The number of anilines is 1. The van der Waals surface area contributed by atoms with E-state index in [2.05, 4.69) is 20.7 Å². The zero-order valence-electron chi connectivity index (χ0n) is 12.4. The topological polar surface area (TPSA) is 71.8 Å². The molecule has 0 unspecified atom stereocenters. The van der Waals surface area contributed by atoms with E-state index < -0.39 is 0 Å². The summed E-state index contributed by atoms with van der Waals surface area (Å²) >= 11 is 11.8. The Balaban J connectivity index is 1.66. The highest BCUT2D eigenvalue weighted by atomic mass is 35.5. The Bertz CT molecular complexity index is 851. The second-order valence-electron chi connectivity index (χ2n) is 4.87. The second-order valence-corrected chi connectivity index (χ2v) is 5.69. The Kier molecular flexibility index (Phi) is 4.98. The quantitative estimate of drug-likeness (QED) is 0.740. The Labute approximate surface area is 148 Å². The molecule has 0 radical (unpaired) electrons. The first-order chi connectivity index (χ1) is 11.6. The minimum atomic E-state index is -0.358. The van der Waals surface area contributed by atoms with Crippen molar-refractivity contribution in [2.45, 2.75) is 6.54 Å². The van der Waals surface area contributed by atoms with Crippen LogP contribution >= 0.6 is 23.2 Å². The van der Waals surface area contributed by atoms with Gasteiger partial charge in [0.1, 0.15) is 0 Å². The van der Waals surface area contributed by atoms with Crippen LogP contribution < -0.4 is 10.6 Å². The van der Waals surface area contributed by atoms with Crippen molar-refractivity contribution in [2.24, 2.45) is 0 Å². The molecule has 2 heterocycles. The maximum Gasteiger partial charge on any atom is 0.319 e. The monoisotopic (exact) mass is 361 g/mol. The third-order valence-corrected chi connectivity index (χ3v) is 3.94. The van der Waals surface area contributed by atoms with Gasteiger partial charge >= 0.3 is 6.03 Å². The molecule has 8 heteroatoms. The Morgan fingerprint density at radius 3 is 2.75 bits per heavy atom. The van der Waals surface area contributed by atoms with Crippen LogP contribution in [0.25, 0.3) is 5.82 Å². The van der Waals surface area contributed by atoms with Gasteiger partial charge in [-0.3, -0.25) is 0 Å². The summed E-state index contributed by atoms with van der Waals surface area (Å²) in [5.74, 6) is 0.664. The molecule has 0 atom stereocenters. The van der Waals surface area contributed by atoms with Gasteiger partial charge in [-0.2, -0.15) is 5.10 Å². The van der Waals surface area contributed by atoms with Gasteiger partial charge in [-0.05, 0) is 30.3 Å². The van der Waals surface area contributed by atoms with Gasteiger partial charge in [0.15, 0.2) is 5.82 Å². The molecule has 1 aromatic carbocycles. The number of amides is 2. The van der Waals surface area contributed by atoms with E-state index in [-0.39, 0.29) is 6.03 Å². The lowest BCUT2D eigenvalue weighted by atomic mass is 10.2. The summed E-state index contributed by atoms with van der Waals surface area (Å²) in [5, 5.41) is 10.4. The summed E-state index contributed by atoms with van der Waals surface area (Å²) < 4.78 is 1.65. The Hall–Kier alpha value is -2.57. The van der Waals surface area contributed by atoms with Crippen LogP contribution in [0.2, 0.25) is 10.0 Å². The minimum absolute atomic E-state index is 0.302. The van der Waals surface area contributed by atoms with Gasteiger partial charge in [0.2, 0.25) is 0 Å². The van der Waals surface area contributed by atoms with E-state index in [1.807, 2.05) is 12.1 Å². The van der Waals surface area contributed by atoms with Gasteiger partial charge in [0.25, 0.3) is 0 Å². The number of pyridine rings is 1. The lowest BCUT2D eigenvalue weighted by Crippen LogP contribution is -2.28. The maximum atomic E-state index is 12.0. The first-order valence-electron chi connectivity index (χ1n) is 7.07. The number of carbonyl (C=O) groups excluding carboxylic acids is 1. The molecule has 0 saturated carbocycles. The van der Waals surface area contributed by atoms with Crippen LogP contribution in [0.3, 0.4) is 0 Å². The third-order valence-electron chi connectivity index (χ3n) is 3.21. The molecule has 0 aliphatic carbocycles. The number of nitrogens with one attached hydrogen (secondary N) is 2. The molecule has 0 aliphatic rings. The molecule has 2 amide bonds. The number of urea groups is 1. The smallest absolute Gasteiger partial charge is 0.319 e. The zero-order chi connectivity index (χ0) is 16.9. The van der Waals surface area contributed by atoms with Crippen LogP contribution in [0.4, 0.5) is 10.5 Å². The molecular formula is C16H13Cl2N5O. The van der Waals surface area contributed by atoms with Gasteiger partial charge in [0, 0.05) is 36.4 Å². The fraction of sp³-hybridized carbons (Fsp3) is 0.0625. The van der Waals surface area contributed by atoms with Crippen LogP contribution in [-0.4, -0.2) is 20.8 Å². The fourth-order valence-electron chi connectivity index (χ4n) is 2.09. The van der Waals surface area contributed by atoms with E-state index in [0.717, 1.165) is 5.56 Å². The Morgan fingerprint density at radius 1 is 1.12 bits per heavy atom. The number of hydrogen-bond acceptors (Lipinski definition) is 3. The molecule has 0 spiro atoms. The predicted molar refractivity (Wildman–Crippen MR) is 93.7 cm³/mol. The molecule has 3 rings (SSSR count). The van der Waals surface area contributed by atoms with Crippen LogP contribution in [-0.2, 0) is 6.54 Å².